The van der Waals surface area contributed by atoms with Gasteiger partial charge in [0.1, 0.15) is 11.6 Å². The standard InChI is InChI=1S/C25H37N5O2/c1-18-14-20(19(2)30(18)23-8-6-5-7-9-23)15-21(16-26)25(32)27-22-10-12-29(13-11-22)17-24(31)28(3)4/h14-15,22-23H,5-13,17H2,1-4H3,(H,27,32)/b21-15+. The van der Waals surface area contributed by atoms with Gasteiger partial charge in [-0.3, -0.25) is 14.5 Å². The van der Waals surface area contributed by atoms with Crippen LogP contribution < -0.4 is 5.32 Å². The second-order valence-corrected chi connectivity index (χ2v) is 9.47. The molecule has 2 amide bonds. The summed E-state index contributed by atoms with van der Waals surface area (Å²) in [5.41, 5.74) is 3.43. The van der Waals surface area contributed by atoms with Gasteiger partial charge < -0.3 is 14.8 Å². The summed E-state index contributed by atoms with van der Waals surface area (Å²) in [6.45, 7) is 6.13. The molecule has 3 rings (SSSR count). The maximum absolute atomic E-state index is 12.8. The van der Waals surface area contributed by atoms with Crippen LogP contribution in [0.15, 0.2) is 11.6 Å². The third kappa shape index (κ3) is 5.80. The largest absolute Gasteiger partial charge is 0.349 e. The number of nitriles is 1. The van der Waals surface area contributed by atoms with Crippen molar-refractivity contribution < 1.29 is 9.59 Å². The lowest BCUT2D eigenvalue weighted by molar-refractivity contribution is -0.130. The van der Waals surface area contributed by atoms with E-state index in [0.717, 1.165) is 37.2 Å². The highest BCUT2D eigenvalue weighted by Crippen LogP contribution is 2.32. The second kappa shape index (κ2) is 10.8. The third-order valence-corrected chi connectivity index (χ3v) is 6.91. The Balaban J connectivity index is 1.62. The number of nitrogens with zero attached hydrogens (tertiary/aromatic N) is 4. The highest BCUT2D eigenvalue weighted by Gasteiger charge is 2.24. The maximum Gasteiger partial charge on any atom is 0.262 e. The summed E-state index contributed by atoms with van der Waals surface area (Å²) in [6, 6.07) is 4.74. The average molecular weight is 440 g/mol. The Kier molecular flexibility index (Phi) is 8.14. The topological polar surface area (TPSA) is 81.4 Å². The fourth-order valence-electron chi connectivity index (χ4n) is 4.99. The minimum atomic E-state index is -0.308. The van der Waals surface area contributed by atoms with E-state index in [2.05, 4.69) is 40.8 Å². The summed E-state index contributed by atoms with van der Waals surface area (Å²) in [7, 11) is 3.52. The molecule has 0 bridgehead atoms. The SMILES string of the molecule is Cc1cc(/C=C(\C#N)C(=O)NC2CCN(CC(=O)N(C)C)CC2)c(C)n1C1CCCCC1. The summed E-state index contributed by atoms with van der Waals surface area (Å²) in [5, 5.41) is 12.7. The first kappa shape index (κ1) is 24.1. The number of hydrogen-bond donors (Lipinski definition) is 1. The van der Waals surface area contributed by atoms with E-state index in [4.69, 9.17) is 0 Å². The van der Waals surface area contributed by atoms with Gasteiger partial charge in [0.15, 0.2) is 0 Å². The molecular weight excluding hydrogens is 402 g/mol. The third-order valence-electron chi connectivity index (χ3n) is 6.91. The number of likely N-dealkylation sites (tertiary alicyclic amines) is 1. The van der Waals surface area contributed by atoms with Gasteiger partial charge in [0.05, 0.1) is 6.54 Å². The molecular formula is C25H37N5O2. The van der Waals surface area contributed by atoms with Gasteiger partial charge in [-0.25, -0.2) is 0 Å². The Bertz CT molecular complexity index is 894. The number of aromatic nitrogens is 1. The summed E-state index contributed by atoms with van der Waals surface area (Å²) in [4.78, 5) is 28.4. The van der Waals surface area contributed by atoms with E-state index in [0.29, 0.717) is 12.6 Å². The van der Waals surface area contributed by atoms with Gasteiger partial charge in [-0.1, -0.05) is 19.3 Å². The molecule has 2 aliphatic rings. The molecule has 1 N–H and O–H groups in total. The first-order chi connectivity index (χ1) is 15.3. The van der Waals surface area contributed by atoms with Crippen molar-refractivity contribution in [3.05, 3.63) is 28.6 Å². The number of likely N-dealkylation sites (N-methyl/N-ethyl adjacent to an activating group) is 1. The zero-order chi connectivity index (χ0) is 23.3. The number of rotatable bonds is 6. The number of nitrogens with one attached hydrogen (secondary N) is 1. The van der Waals surface area contributed by atoms with Crippen LogP contribution in [0, 0.1) is 25.2 Å². The van der Waals surface area contributed by atoms with Crippen LogP contribution >= 0.6 is 0 Å². The number of amides is 2. The Morgan fingerprint density at radius 1 is 1.16 bits per heavy atom. The molecule has 0 unspecified atom stereocenters. The number of aryl methyl sites for hydroxylation is 1. The lowest BCUT2D eigenvalue weighted by Gasteiger charge is -2.32. The molecule has 7 heteroatoms. The molecule has 1 aromatic rings. The van der Waals surface area contributed by atoms with E-state index in [-0.39, 0.29) is 23.4 Å². The molecule has 0 spiro atoms. The lowest BCUT2D eigenvalue weighted by Crippen LogP contribution is -2.47. The van der Waals surface area contributed by atoms with Gasteiger partial charge in [-0.15, -0.1) is 0 Å². The van der Waals surface area contributed by atoms with Crippen LogP contribution in [-0.2, 0) is 9.59 Å². The first-order valence-corrected chi connectivity index (χ1v) is 11.8. The van der Waals surface area contributed by atoms with E-state index < -0.39 is 0 Å². The number of hydrogen-bond acceptors (Lipinski definition) is 4. The van der Waals surface area contributed by atoms with Crippen molar-refractivity contribution in [3.63, 3.8) is 0 Å². The molecule has 0 atom stereocenters. The van der Waals surface area contributed by atoms with Crippen molar-refractivity contribution in [1.82, 2.24) is 19.7 Å². The smallest absolute Gasteiger partial charge is 0.262 e. The van der Waals surface area contributed by atoms with Crippen molar-refractivity contribution in [2.75, 3.05) is 33.7 Å². The second-order valence-electron chi connectivity index (χ2n) is 9.47. The maximum atomic E-state index is 12.8. The average Bonchev–Trinajstić information content (AvgIpc) is 3.06. The highest BCUT2D eigenvalue weighted by atomic mass is 16.2. The summed E-state index contributed by atoms with van der Waals surface area (Å²) < 4.78 is 2.39. The monoisotopic (exact) mass is 439 g/mol. The lowest BCUT2D eigenvalue weighted by atomic mass is 9.95. The molecule has 2 fully saturated rings. The molecule has 1 aliphatic carbocycles. The van der Waals surface area contributed by atoms with E-state index in [1.165, 1.54) is 37.8 Å². The van der Waals surface area contributed by atoms with Crippen molar-refractivity contribution in [3.8, 4) is 6.07 Å². The molecule has 2 heterocycles. The van der Waals surface area contributed by atoms with Crippen LogP contribution in [0.25, 0.3) is 6.08 Å². The zero-order valence-electron chi connectivity index (χ0n) is 20.0. The molecule has 0 radical (unpaired) electrons. The molecule has 32 heavy (non-hydrogen) atoms. The Morgan fingerprint density at radius 3 is 2.41 bits per heavy atom. The van der Waals surface area contributed by atoms with Gasteiger partial charge in [0.2, 0.25) is 5.91 Å². The van der Waals surface area contributed by atoms with Crippen molar-refractivity contribution in [2.45, 2.75) is 70.9 Å². The number of carbonyl (C=O) groups excluding carboxylic acids is 2. The summed E-state index contributed by atoms with van der Waals surface area (Å²) in [6.07, 6.45) is 9.53. The minimum absolute atomic E-state index is 0.0274. The molecule has 1 aliphatic heterocycles. The van der Waals surface area contributed by atoms with Crippen molar-refractivity contribution in [1.29, 1.82) is 5.26 Å². The van der Waals surface area contributed by atoms with Gasteiger partial charge in [0, 0.05) is 50.7 Å². The van der Waals surface area contributed by atoms with Gasteiger partial charge in [0.25, 0.3) is 5.91 Å². The fourth-order valence-corrected chi connectivity index (χ4v) is 4.99. The molecule has 0 aromatic carbocycles. The Labute approximate surface area is 192 Å². The van der Waals surface area contributed by atoms with Gasteiger partial charge in [-0.2, -0.15) is 5.26 Å². The quantitative estimate of drug-likeness (QED) is 0.545. The first-order valence-electron chi connectivity index (χ1n) is 11.8. The van der Waals surface area contributed by atoms with E-state index in [1.54, 1.807) is 25.1 Å². The minimum Gasteiger partial charge on any atom is -0.349 e. The number of carbonyl (C=O) groups is 2. The van der Waals surface area contributed by atoms with Crippen LogP contribution in [0.4, 0.5) is 0 Å². The Hall–Kier alpha value is -2.59. The van der Waals surface area contributed by atoms with Gasteiger partial charge in [-0.05, 0) is 57.2 Å². The zero-order valence-corrected chi connectivity index (χ0v) is 20.0. The van der Waals surface area contributed by atoms with Crippen LogP contribution in [0.1, 0.15) is 67.9 Å². The summed E-state index contributed by atoms with van der Waals surface area (Å²) in [5.74, 6) is -0.217. The van der Waals surface area contributed by atoms with Gasteiger partial charge >= 0.3 is 0 Å². The van der Waals surface area contributed by atoms with Crippen molar-refractivity contribution >= 4 is 17.9 Å². The molecule has 7 nitrogen and oxygen atoms in total. The molecule has 1 aromatic heterocycles. The van der Waals surface area contributed by atoms with E-state index in [1.807, 2.05) is 0 Å². The predicted octanol–water partition coefficient (Wildman–Crippen LogP) is 3.19. The van der Waals surface area contributed by atoms with E-state index in [9.17, 15) is 14.9 Å². The van der Waals surface area contributed by atoms with Crippen LogP contribution in [-0.4, -0.2) is 66.0 Å². The Morgan fingerprint density at radius 2 is 1.81 bits per heavy atom. The van der Waals surface area contributed by atoms with Crippen LogP contribution in [0.3, 0.4) is 0 Å². The molecule has 1 saturated heterocycles. The summed E-state index contributed by atoms with van der Waals surface area (Å²) >= 11 is 0. The number of piperidine rings is 1. The normalized spacial score (nSPS) is 18.9. The predicted molar refractivity (Wildman–Crippen MR) is 126 cm³/mol. The van der Waals surface area contributed by atoms with Crippen LogP contribution in [0.5, 0.6) is 0 Å². The fraction of sp³-hybridized carbons (Fsp3) is 0.640. The highest BCUT2D eigenvalue weighted by molar-refractivity contribution is 6.02. The van der Waals surface area contributed by atoms with Crippen LogP contribution in [0.2, 0.25) is 0 Å². The van der Waals surface area contributed by atoms with E-state index >= 15 is 0 Å². The molecule has 174 valence electrons. The molecule has 1 saturated carbocycles. The van der Waals surface area contributed by atoms with Crippen molar-refractivity contribution in [2.24, 2.45) is 0 Å².